The van der Waals surface area contributed by atoms with Gasteiger partial charge in [0.05, 0.1) is 16.9 Å². The zero-order chi connectivity index (χ0) is 31.1. The summed E-state index contributed by atoms with van der Waals surface area (Å²) >= 11 is 0. The average Bonchev–Trinajstić information content (AvgIpc) is 3.31. The second kappa shape index (κ2) is 10.2. The van der Waals surface area contributed by atoms with E-state index in [0.717, 1.165) is 64.1 Å². The van der Waals surface area contributed by atoms with Gasteiger partial charge < -0.3 is 14.6 Å². The molecule has 0 aromatic heterocycles. The fourth-order valence-electron chi connectivity index (χ4n) is 11.9. The van der Waals surface area contributed by atoms with Crippen LogP contribution >= 0.6 is 0 Å². The first kappa shape index (κ1) is 31.7. The van der Waals surface area contributed by atoms with Crippen molar-refractivity contribution in [3.8, 4) is 0 Å². The van der Waals surface area contributed by atoms with Crippen LogP contribution in [0.2, 0.25) is 0 Å². The minimum Gasteiger partial charge on any atom is -0.427 e. The molecule has 0 spiro atoms. The van der Waals surface area contributed by atoms with Crippen molar-refractivity contribution in [2.24, 2.45) is 62.1 Å². The Bertz CT molecular complexity index is 1130. The summed E-state index contributed by atoms with van der Waals surface area (Å²) in [6.07, 6.45) is 10.1. The molecule has 42 heavy (non-hydrogen) atoms. The van der Waals surface area contributed by atoms with E-state index in [4.69, 9.17) is 9.47 Å². The van der Waals surface area contributed by atoms with Gasteiger partial charge >= 0.3 is 11.9 Å². The number of esters is 2. The summed E-state index contributed by atoms with van der Waals surface area (Å²) < 4.78 is 11.1. The van der Waals surface area contributed by atoms with Gasteiger partial charge in [-0.2, -0.15) is 0 Å². The Morgan fingerprint density at radius 1 is 0.857 bits per heavy atom. The van der Waals surface area contributed by atoms with Crippen LogP contribution in [0.3, 0.4) is 0 Å². The lowest BCUT2D eigenvalue weighted by atomic mass is 9.32. The molecular weight excluding hydrogens is 528 g/mol. The number of hydrogen-bond acceptors (Lipinski definition) is 6. The van der Waals surface area contributed by atoms with Crippen molar-refractivity contribution >= 4 is 18.2 Å². The number of ether oxygens (including phenoxy) is 2. The Hall–Kier alpha value is -1.69. The summed E-state index contributed by atoms with van der Waals surface area (Å²) in [5.74, 6) is 0.622. The number of aliphatic hydroxyl groups is 1. The van der Waals surface area contributed by atoms with Crippen LogP contribution in [0.25, 0.3) is 0 Å². The maximum atomic E-state index is 14.0. The molecule has 0 aromatic rings. The van der Waals surface area contributed by atoms with E-state index in [-0.39, 0.29) is 58.3 Å². The molecule has 0 aliphatic heterocycles. The number of carbonyl (C=O) groups is 3. The van der Waals surface area contributed by atoms with Crippen molar-refractivity contribution < 1.29 is 29.0 Å². The quantitative estimate of drug-likeness (QED) is 0.158. The van der Waals surface area contributed by atoms with E-state index < -0.39 is 16.8 Å². The highest BCUT2D eigenvalue weighted by Crippen LogP contribution is 2.77. The van der Waals surface area contributed by atoms with Crippen molar-refractivity contribution in [1.29, 1.82) is 0 Å². The number of fused-ring (bicyclic) bond motifs is 7. The van der Waals surface area contributed by atoms with Crippen molar-refractivity contribution in [3.63, 3.8) is 0 Å². The fourth-order valence-corrected chi connectivity index (χ4v) is 11.9. The third-order valence-corrected chi connectivity index (χ3v) is 14.4. The Morgan fingerprint density at radius 3 is 2.19 bits per heavy atom. The van der Waals surface area contributed by atoms with Crippen LogP contribution in [0.1, 0.15) is 120 Å². The van der Waals surface area contributed by atoms with E-state index in [1.807, 2.05) is 0 Å². The summed E-state index contributed by atoms with van der Waals surface area (Å²) in [6, 6.07) is 0. The van der Waals surface area contributed by atoms with Gasteiger partial charge in [0.25, 0.3) is 0 Å². The number of hydrogen-bond donors (Lipinski definition) is 1. The van der Waals surface area contributed by atoms with E-state index >= 15 is 0 Å². The third kappa shape index (κ3) is 4.30. The van der Waals surface area contributed by atoms with Gasteiger partial charge in [-0.05, 0) is 142 Å². The molecule has 1 N–H and O–H groups in total. The molecule has 5 aliphatic rings. The Balaban J connectivity index is 1.47. The summed E-state index contributed by atoms with van der Waals surface area (Å²) in [4.78, 5) is 38.5. The van der Waals surface area contributed by atoms with Crippen LogP contribution in [-0.4, -0.2) is 36.2 Å². The van der Waals surface area contributed by atoms with Gasteiger partial charge in [-0.1, -0.05) is 41.2 Å². The van der Waals surface area contributed by atoms with Gasteiger partial charge in [0.2, 0.25) is 6.79 Å². The fraction of sp³-hybridized carbons (Fsp3) is 0.861. The largest absolute Gasteiger partial charge is 0.427 e. The minimum atomic E-state index is -0.684. The summed E-state index contributed by atoms with van der Waals surface area (Å²) in [5, 5.41) is 11.0. The van der Waals surface area contributed by atoms with Gasteiger partial charge in [-0.3, -0.25) is 14.4 Å². The molecule has 10 atom stereocenters. The third-order valence-electron chi connectivity index (χ3n) is 14.4. The Kier molecular flexibility index (Phi) is 7.68. The Labute approximate surface area is 253 Å². The summed E-state index contributed by atoms with van der Waals surface area (Å²) in [7, 11) is 0. The highest BCUT2D eigenvalue weighted by Gasteiger charge is 2.72. The van der Waals surface area contributed by atoms with Crippen LogP contribution in [0.15, 0.2) is 12.2 Å². The molecule has 0 heterocycles. The van der Waals surface area contributed by atoms with Crippen molar-refractivity contribution in [2.75, 3.05) is 6.79 Å². The molecule has 0 amide bonds. The van der Waals surface area contributed by atoms with Crippen LogP contribution in [0.5, 0.6) is 0 Å². The highest BCUT2D eigenvalue weighted by atomic mass is 16.7. The number of aldehydes is 1. The molecule has 5 rings (SSSR count). The topological polar surface area (TPSA) is 89.9 Å². The van der Waals surface area contributed by atoms with Crippen LogP contribution in [-0.2, 0) is 23.9 Å². The van der Waals surface area contributed by atoms with Crippen LogP contribution in [0.4, 0.5) is 0 Å². The molecule has 0 bridgehead atoms. The van der Waals surface area contributed by atoms with Gasteiger partial charge in [-0.25, -0.2) is 0 Å². The maximum absolute atomic E-state index is 14.0. The predicted molar refractivity (Wildman–Crippen MR) is 162 cm³/mol. The minimum absolute atomic E-state index is 0.00677. The molecule has 5 saturated carbocycles. The first-order valence-electron chi connectivity index (χ1n) is 16.6. The van der Waals surface area contributed by atoms with Gasteiger partial charge in [0, 0.05) is 0 Å². The van der Waals surface area contributed by atoms with Gasteiger partial charge in [-0.15, -0.1) is 0 Å². The first-order chi connectivity index (χ1) is 19.4. The lowest BCUT2D eigenvalue weighted by molar-refractivity contribution is -0.249. The van der Waals surface area contributed by atoms with Crippen molar-refractivity contribution in [2.45, 2.75) is 126 Å². The second-order valence-electron chi connectivity index (χ2n) is 17.3. The van der Waals surface area contributed by atoms with Gasteiger partial charge in [0.15, 0.2) is 0 Å². The number of carbonyl (C=O) groups excluding carboxylic acids is 3. The van der Waals surface area contributed by atoms with Crippen molar-refractivity contribution in [1.82, 2.24) is 0 Å². The SMILES string of the molecule is C=C(C=O)[C@@H]1CC[C@]2(C(=O)OCOC(=O)C(C)(C)C)CC[C@]3(C)[C@H](CC[C@@H]4[C@@]5(C)CC[C@H](O)C(C)(C)[C@@H]5CC[C@]43C)[C@@H]12. The molecule has 5 fully saturated rings. The second-order valence-corrected chi connectivity index (χ2v) is 17.3. The maximum Gasteiger partial charge on any atom is 0.315 e. The normalized spacial score (nSPS) is 45.8. The zero-order valence-corrected chi connectivity index (χ0v) is 27.5. The highest BCUT2D eigenvalue weighted by molar-refractivity contribution is 5.80. The number of allylic oxidation sites excluding steroid dienone is 1. The smallest absolute Gasteiger partial charge is 0.315 e. The monoisotopic (exact) mass is 584 g/mol. The predicted octanol–water partition coefficient (Wildman–Crippen LogP) is 7.27. The number of aliphatic hydroxyl groups excluding tert-OH is 1. The van der Waals surface area contributed by atoms with E-state index in [1.165, 1.54) is 0 Å². The molecule has 236 valence electrons. The molecule has 0 saturated heterocycles. The van der Waals surface area contributed by atoms with Crippen LogP contribution in [0, 0.1) is 62.1 Å². The molecular formula is C36H56O6. The standard InChI is InChI=1S/C36H56O6/c1-22(20-37)23-12-17-36(30(40)42-21-41-29(39)31(2,3)4)19-18-34(8)24(28(23)36)10-11-26-33(7)15-14-27(38)32(5,6)25(33)13-16-35(26,34)9/h20,23-28,38H,1,10-19,21H2,2-9H3/t23-,24+,25-,26+,27-,28+,33-,34+,35+,36-/m0/s1. The van der Waals surface area contributed by atoms with E-state index in [0.29, 0.717) is 23.8 Å². The van der Waals surface area contributed by atoms with E-state index in [2.05, 4.69) is 41.2 Å². The lowest BCUT2D eigenvalue weighted by Crippen LogP contribution is -2.67. The van der Waals surface area contributed by atoms with Gasteiger partial charge in [0.1, 0.15) is 6.29 Å². The van der Waals surface area contributed by atoms with Crippen molar-refractivity contribution in [3.05, 3.63) is 12.2 Å². The summed E-state index contributed by atoms with van der Waals surface area (Å²) in [5.41, 5.74) is -0.548. The molecule has 0 radical (unpaired) electrons. The molecule has 0 unspecified atom stereocenters. The molecule has 0 aromatic carbocycles. The average molecular weight is 585 g/mol. The summed E-state index contributed by atoms with van der Waals surface area (Å²) in [6.45, 7) is 21.3. The number of rotatable bonds is 5. The first-order valence-corrected chi connectivity index (χ1v) is 16.6. The zero-order valence-electron chi connectivity index (χ0n) is 27.5. The Morgan fingerprint density at radius 2 is 1.55 bits per heavy atom. The molecule has 6 nitrogen and oxygen atoms in total. The molecule has 6 heteroatoms. The van der Waals surface area contributed by atoms with E-state index in [9.17, 15) is 19.5 Å². The molecule has 5 aliphatic carbocycles. The lowest BCUT2D eigenvalue weighted by Gasteiger charge is -2.72. The van der Waals surface area contributed by atoms with Crippen LogP contribution < -0.4 is 0 Å². The van der Waals surface area contributed by atoms with E-state index in [1.54, 1.807) is 20.8 Å².